The van der Waals surface area contributed by atoms with Crippen molar-refractivity contribution in [2.75, 3.05) is 7.11 Å². The predicted molar refractivity (Wildman–Crippen MR) is 77.2 cm³/mol. The Bertz CT molecular complexity index is 513. The largest absolute Gasteiger partial charge is 0.497 e. The molecular formula is C16H20N2O. The minimum absolute atomic E-state index is 0.255. The number of nitrogens with one attached hydrogen (secondary N) is 1. The average Bonchev–Trinajstić information content (AvgIpc) is 2.48. The Balaban J connectivity index is 2.06. The van der Waals surface area contributed by atoms with Crippen molar-refractivity contribution in [3.8, 4) is 5.75 Å². The van der Waals surface area contributed by atoms with E-state index in [0.29, 0.717) is 0 Å². The molecule has 0 fully saturated rings. The molecule has 1 aromatic carbocycles. The molecule has 100 valence electrons. The number of pyridine rings is 1. The van der Waals surface area contributed by atoms with E-state index >= 15 is 0 Å². The van der Waals surface area contributed by atoms with Crippen molar-refractivity contribution in [2.24, 2.45) is 0 Å². The lowest BCUT2D eigenvalue weighted by molar-refractivity contribution is 0.412. The fourth-order valence-corrected chi connectivity index (χ4v) is 2.11. The quantitative estimate of drug-likeness (QED) is 0.889. The van der Waals surface area contributed by atoms with Crippen LogP contribution in [0.15, 0.2) is 48.8 Å². The molecule has 3 nitrogen and oxygen atoms in total. The fourth-order valence-electron chi connectivity index (χ4n) is 2.11. The zero-order chi connectivity index (χ0) is 13.7. The number of hydrogen-bond donors (Lipinski definition) is 1. The smallest absolute Gasteiger partial charge is 0.119 e. The molecule has 0 spiro atoms. The van der Waals surface area contributed by atoms with Crippen molar-refractivity contribution in [1.29, 1.82) is 0 Å². The molecule has 1 unspecified atom stereocenters. The molecule has 0 aliphatic rings. The van der Waals surface area contributed by atoms with E-state index in [0.717, 1.165) is 5.75 Å². The van der Waals surface area contributed by atoms with Crippen LogP contribution in [-0.2, 0) is 0 Å². The maximum Gasteiger partial charge on any atom is 0.119 e. The summed E-state index contributed by atoms with van der Waals surface area (Å²) in [6, 6.07) is 12.7. The fraction of sp³-hybridized carbons (Fsp3) is 0.312. The Morgan fingerprint density at radius 2 is 1.79 bits per heavy atom. The first kappa shape index (κ1) is 13.6. The van der Waals surface area contributed by atoms with Crippen LogP contribution in [0.25, 0.3) is 0 Å². The van der Waals surface area contributed by atoms with Gasteiger partial charge >= 0.3 is 0 Å². The van der Waals surface area contributed by atoms with Gasteiger partial charge in [0, 0.05) is 24.5 Å². The third kappa shape index (κ3) is 3.55. The minimum atomic E-state index is 0.255. The van der Waals surface area contributed by atoms with Gasteiger partial charge in [0.15, 0.2) is 0 Å². The van der Waals surface area contributed by atoms with Crippen LogP contribution < -0.4 is 10.1 Å². The van der Waals surface area contributed by atoms with Gasteiger partial charge in [-0.3, -0.25) is 4.98 Å². The van der Waals surface area contributed by atoms with E-state index < -0.39 is 0 Å². The number of nitrogens with zero attached hydrogens (tertiary/aromatic N) is 1. The Hall–Kier alpha value is -1.87. The van der Waals surface area contributed by atoms with Gasteiger partial charge in [-0.15, -0.1) is 0 Å². The molecule has 0 amide bonds. The second kappa shape index (κ2) is 6.34. The van der Waals surface area contributed by atoms with Crippen molar-refractivity contribution in [3.63, 3.8) is 0 Å². The second-order valence-corrected chi connectivity index (χ2v) is 4.67. The van der Waals surface area contributed by atoms with E-state index in [4.69, 9.17) is 4.74 Å². The molecule has 2 rings (SSSR count). The normalized spacial score (nSPS) is 13.8. The van der Waals surface area contributed by atoms with Gasteiger partial charge < -0.3 is 10.1 Å². The average molecular weight is 256 g/mol. The van der Waals surface area contributed by atoms with E-state index in [2.05, 4.69) is 42.3 Å². The van der Waals surface area contributed by atoms with Gasteiger partial charge in [0.25, 0.3) is 0 Å². The summed E-state index contributed by atoms with van der Waals surface area (Å²) in [5.41, 5.74) is 2.41. The highest BCUT2D eigenvalue weighted by molar-refractivity contribution is 5.30. The van der Waals surface area contributed by atoms with Gasteiger partial charge in [-0.05, 0) is 43.2 Å². The summed E-state index contributed by atoms with van der Waals surface area (Å²) in [5, 5.41) is 3.57. The number of aromatic nitrogens is 1. The number of hydrogen-bond acceptors (Lipinski definition) is 3. The molecule has 0 bridgehead atoms. The molecule has 2 atom stereocenters. The Morgan fingerprint density at radius 1 is 1.05 bits per heavy atom. The van der Waals surface area contributed by atoms with Gasteiger partial charge in [0.05, 0.1) is 7.11 Å². The highest BCUT2D eigenvalue weighted by Gasteiger charge is 2.11. The molecule has 1 aromatic heterocycles. The van der Waals surface area contributed by atoms with E-state index in [1.165, 1.54) is 11.1 Å². The molecule has 0 radical (unpaired) electrons. The zero-order valence-corrected chi connectivity index (χ0v) is 11.6. The maximum atomic E-state index is 5.26. The van der Waals surface area contributed by atoms with Crippen LogP contribution in [0.1, 0.15) is 37.1 Å². The van der Waals surface area contributed by atoms with Crippen molar-refractivity contribution in [2.45, 2.75) is 25.9 Å². The first-order valence-electron chi connectivity index (χ1n) is 6.50. The van der Waals surface area contributed by atoms with Gasteiger partial charge in [0.1, 0.15) is 5.75 Å². The van der Waals surface area contributed by atoms with Crippen molar-refractivity contribution >= 4 is 0 Å². The van der Waals surface area contributed by atoms with Crippen molar-refractivity contribution in [1.82, 2.24) is 10.3 Å². The molecule has 0 saturated heterocycles. The summed E-state index contributed by atoms with van der Waals surface area (Å²) in [6.45, 7) is 4.30. The minimum Gasteiger partial charge on any atom is -0.497 e. The van der Waals surface area contributed by atoms with E-state index in [9.17, 15) is 0 Å². The first-order valence-corrected chi connectivity index (χ1v) is 6.50. The third-order valence-corrected chi connectivity index (χ3v) is 3.28. The molecule has 0 aliphatic heterocycles. The van der Waals surface area contributed by atoms with Gasteiger partial charge in [-0.1, -0.05) is 18.2 Å². The predicted octanol–water partition coefficient (Wildman–Crippen LogP) is 3.50. The van der Waals surface area contributed by atoms with Crippen LogP contribution in [0, 0.1) is 0 Å². The summed E-state index contributed by atoms with van der Waals surface area (Å²) >= 11 is 0. The molecular weight excluding hydrogens is 236 g/mol. The lowest BCUT2D eigenvalue weighted by Crippen LogP contribution is -2.22. The number of rotatable bonds is 5. The summed E-state index contributed by atoms with van der Waals surface area (Å²) in [5.74, 6) is 0.889. The third-order valence-electron chi connectivity index (χ3n) is 3.28. The topological polar surface area (TPSA) is 34.1 Å². The zero-order valence-electron chi connectivity index (χ0n) is 11.6. The highest BCUT2D eigenvalue weighted by atomic mass is 16.5. The number of ether oxygens (including phenoxy) is 1. The summed E-state index contributed by atoms with van der Waals surface area (Å²) < 4.78 is 5.26. The molecule has 1 N–H and O–H groups in total. The Labute approximate surface area is 114 Å². The molecule has 1 heterocycles. The maximum absolute atomic E-state index is 5.26. The summed E-state index contributed by atoms with van der Waals surface area (Å²) in [7, 11) is 1.69. The van der Waals surface area contributed by atoms with Crippen molar-refractivity contribution in [3.05, 3.63) is 59.9 Å². The van der Waals surface area contributed by atoms with Gasteiger partial charge in [-0.2, -0.15) is 0 Å². The summed E-state index contributed by atoms with van der Waals surface area (Å²) in [4.78, 5) is 4.15. The standard InChI is InChI=1S/C16H20N2O/c1-12(14-6-4-8-16(10-14)19-3)18-13(2)15-7-5-9-17-11-15/h4-13,18H,1-3H3/t12-,13?/m1/s1. The Morgan fingerprint density at radius 3 is 2.47 bits per heavy atom. The molecule has 3 heteroatoms. The molecule has 19 heavy (non-hydrogen) atoms. The number of benzene rings is 1. The van der Waals surface area contributed by atoms with Crippen LogP contribution >= 0.6 is 0 Å². The van der Waals surface area contributed by atoms with E-state index in [1.807, 2.05) is 24.4 Å². The Kier molecular flexibility index (Phi) is 4.53. The molecule has 0 saturated carbocycles. The van der Waals surface area contributed by atoms with Gasteiger partial charge in [0.2, 0.25) is 0 Å². The SMILES string of the molecule is COc1cccc([C@@H](C)NC(C)c2cccnc2)c1. The van der Waals surface area contributed by atoms with E-state index in [-0.39, 0.29) is 12.1 Å². The molecule has 0 aliphatic carbocycles. The second-order valence-electron chi connectivity index (χ2n) is 4.67. The van der Waals surface area contributed by atoms with Crippen LogP contribution in [0.4, 0.5) is 0 Å². The van der Waals surface area contributed by atoms with E-state index in [1.54, 1.807) is 13.3 Å². The first-order chi connectivity index (χ1) is 9.20. The summed E-state index contributed by atoms with van der Waals surface area (Å²) in [6.07, 6.45) is 3.69. The lowest BCUT2D eigenvalue weighted by Gasteiger charge is -2.20. The lowest BCUT2D eigenvalue weighted by atomic mass is 10.1. The van der Waals surface area contributed by atoms with Gasteiger partial charge in [-0.25, -0.2) is 0 Å². The van der Waals surface area contributed by atoms with Crippen LogP contribution in [0.5, 0.6) is 5.75 Å². The van der Waals surface area contributed by atoms with Crippen molar-refractivity contribution < 1.29 is 4.74 Å². The van der Waals surface area contributed by atoms with Crippen LogP contribution in [-0.4, -0.2) is 12.1 Å². The number of methoxy groups -OCH3 is 1. The monoisotopic (exact) mass is 256 g/mol. The molecule has 2 aromatic rings. The van der Waals surface area contributed by atoms with Crippen LogP contribution in [0.2, 0.25) is 0 Å². The van der Waals surface area contributed by atoms with Crippen LogP contribution in [0.3, 0.4) is 0 Å². The highest BCUT2D eigenvalue weighted by Crippen LogP contribution is 2.22.